The van der Waals surface area contributed by atoms with E-state index in [9.17, 15) is 0 Å². The van der Waals surface area contributed by atoms with Gasteiger partial charge in [-0.1, -0.05) is 23.7 Å². The second-order valence-electron chi connectivity index (χ2n) is 6.32. The van der Waals surface area contributed by atoms with Crippen molar-refractivity contribution in [2.75, 3.05) is 18.5 Å². The molecule has 0 aromatic heterocycles. The van der Waals surface area contributed by atoms with Crippen LogP contribution in [0.25, 0.3) is 0 Å². The molecule has 1 fully saturated rings. The lowest BCUT2D eigenvalue weighted by Gasteiger charge is -2.10. The van der Waals surface area contributed by atoms with Crippen LogP contribution in [-0.4, -0.2) is 25.2 Å². The average molecular weight is 358 g/mol. The summed E-state index contributed by atoms with van der Waals surface area (Å²) in [5.74, 6) is 2.30. The highest BCUT2D eigenvalue weighted by molar-refractivity contribution is 6.30. The number of nitrogens with zero attached hydrogens (tertiary/aromatic N) is 1. The Kier molecular flexibility index (Phi) is 4.40. The maximum absolute atomic E-state index is 6.06. The van der Waals surface area contributed by atoms with Gasteiger partial charge >= 0.3 is 0 Å². The van der Waals surface area contributed by atoms with Crippen molar-refractivity contribution in [3.05, 3.63) is 53.1 Å². The van der Waals surface area contributed by atoms with Gasteiger partial charge in [0.15, 0.2) is 17.5 Å². The first-order valence-electron chi connectivity index (χ1n) is 8.44. The zero-order valence-corrected chi connectivity index (χ0v) is 14.5. The lowest BCUT2D eigenvalue weighted by molar-refractivity contribution is 0.297. The average Bonchev–Trinajstić information content (AvgIpc) is 3.37. The van der Waals surface area contributed by atoms with Crippen LogP contribution in [0.15, 0.2) is 47.5 Å². The highest BCUT2D eigenvalue weighted by atomic mass is 35.5. The Bertz CT molecular complexity index is 809. The highest BCUT2D eigenvalue weighted by Crippen LogP contribution is 2.44. The number of guanidine groups is 1. The molecule has 0 unspecified atom stereocenters. The van der Waals surface area contributed by atoms with E-state index in [1.54, 1.807) is 0 Å². The predicted molar refractivity (Wildman–Crippen MR) is 99.9 cm³/mol. The van der Waals surface area contributed by atoms with Crippen molar-refractivity contribution in [1.29, 1.82) is 0 Å². The molecule has 0 spiro atoms. The quantitative estimate of drug-likeness (QED) is 0.648. The first-order chi connectivity index (χ1) is 12.2. The summed E-state index contributed by atoms with van der Waals surface area (Å²) < 4.78 is 11.3. The van der Waals surface area contributed by atoms with E-state index in [4.69, 9.17) is 26.8 Å². The number of nitrogens with one attached hydrogen (secondary N) is 1. The van der Waals surface area contributed by atoms with Crippen LogP contribution in [0.1, 0.15) is 24.3 Å². The molecule has 130 valence electrons. The van der Waals surface area contributed by atoms with Crippen molar-refractivity contribution in [3.8, 4) is 11.5 Å². The summed E-state index contributed by atoms with van der Waals surface area (Å²) in [6.45, 7) is 1.33. The molecule has 3 N–H and O–H groups in total. The lowest BCUT2D eigenvalue weighted by atomic mass is 10.1. The van der Waals surface area contributed by atoms with Crippen LogP contribution in [0.5, 0.6) is 11.5 Å². The summed E-state index contributed by atoms with van der Waals surface area (Å²) in [6, 6.07) is 13.8. The molecule has 6 heteroatoms. The SMILES string of the molecule is NC(=N[C@@H]1C[C@H]1c1cccc(Cl)c1)Nc1ccc2c(c1)OCCCO2. The summed E-state index contributed by atoms with van der Waals surface area (Å²) >= 11 is 6.05. The molecular weight excluding hydrogens is 338 g/mol. The zero-order chi connectivity index (χ0) is 17.2. The molecule has 0 radical (unpaired) electrons. The summed E-state index contributed by atoms with van der Waals surface area (Å²) in [5, 5.41) is 3.89. The van der Waals surface area contributed by atoms with Crippen LogP contribution in [0.3, 0.4) is 0 Å². The van der Waals surface area contributed by atoms with E-state index in [1.165, 1.54) is 5.56 Å². The zero-order valence-electron chi connectivity index (χ0n) is 13.7. The van der Waals surface area contributed by atoms with Gasteiger partial charge in [-0.25, -0.2) is 4.99 Å². The highest BCUT2D eigenvalue weighted by Gasteiger charge is 2.38. The van der Waals surface area contributed by atoms with Crippen LogP contribution in [-0.2, 0) is 0 Å². The molecule has 5 nitrogen and oxygen atoms in total. The largest absolute Gasteiger partial charge is 0.490 e. The number of halogens is 1. The van der Waals surface area contributed by atoms with Gasteiger partial charge in [-0.2, -0.15) is 0 Å². The molecule has 1 aliphatic carbocycles. The number of hydrogen-bond donors (Lipinski definition) is 2. The molecule has 1 saturated carbocycles. The molecule has 0 bridgehead atoms. The van der Waals surface area contributed by atoms with Crippen LogP contribution in [0.2, 0.25) is 5.02 Å². The molecule has 0 amide bonds. The summed E-state index contributed by atoms with van der Waals surface area (Å²) in [4.78, 5) is 4.57. The Morgan fingerprint density at radius 3 is 2.80 bits per heavy atom. The Labute approximate surface area is 151 Å². The van der Waals surface area contributed by atoms with Crippen LogP contribution >= 0.6 is 11.6 Å². The van der Waals surface area contributed by atoms with E-state index in [1.807, 2.05) is 36.4 Å². The Morgan fingerprint density at radius 1 is 1.12 bits per heavy atom. The first kappa shape index (κ1) is 16.1. The second kappa shape index (κ2) is 6.84. The van der Waals surface area contributed by atoms with Crippen LogP contribution < -0.4 is 20.5 Å². The van der Waals surface area contributed by atoms with Gasteiger partial charge in [0.1, 0.15) is 0 Å². The Morgan fingerprint density at radius 2 is 1.96 bits per heavy atom. The number of nitrogens with two attached hydrogens (primary N) is 1. The molecule has 2 aromatic rings. The van der Waals surface area contributed by atoms with Crippen molar-refractivity contribution in [3.63, 3.8) is 0 Å². The summed E-state index contributed by atoms with van der Waals surface area (Å²) in [6.07, 6.45) is 1.87. The Hall–Kier alpha value is -2.40. The Balaban J connectivity index is 1.41. The second-order valence-corrected chi connectivity index (χ2v) is 6.75. The minimum atomic E-state index is 0.200. The van der Waals surface area contributed by atoms with Crippen molar-refractivity contribution in [2.45, 2.75) is 24.8 Å². The van der Waals surface area contributed by atoms with Gasteiger partial charge in [0.2, 0.25) is 0 Å². The van der Waals surface area contributed by atoms with E-state index >= 15 is 0 Å². The molecule has 4 rings (SSSR count). The number of anilines is 1. The van der Waals surface area contributed by atoms with Crippen LogP contribution in [0, 0.1) is 0 Å². The normalized spacial score (nSPS) is 22.2. The minimum absolute atomic E-state index is 0.200. The summed E-state index contributed by atoms with van der Waals surface area (Å²) in [7, 11) is 0. The molecule has 2 aliphatic rings. The topological polar surface area (TPSA) is 68.9 Å². The minimum Gasteiger partial charge on any atom is -0.490 e. The number of ether oxygens (including phenoxy) is 2. The van der Waals surface area contributed by atoms with Crippen molar-refractivity contribution < 1.29 is 9.47 Å². The van der Waals surface area contributed by atoms with E-state index in [0.29, 0.717) is 25.1 Å². The van der Waals surface area contributed by atoms with Gasteiger partial charge in [-0.15, -0.1) is 0 Å². The van der Waals surface area contributed by atoms with Gasteiger partial charge in [0.05, 0.1) is 19.3 Å². The van der Waals surface area contributed by atoms with Crippen molar-refractivity contribution >= 4 is 23.2 Å². The van der Waals surface area contributed by atoms with Gasteiger partial charge in [-0.3, -0.25) is 0 Å². The van der Waals surface area contributed by atoms with E-state index in [0.717, 1.165) is 35.1 Å². The lowest BCUT2D eigenvalue weighted by Crippen LogP contribution is -2.23. The standard InChI is InChI=1S/C19H20ClN3O2/c20-13-4-1-3-12(9-13)15-11-16(15)23-19(21)22-14-5-6-17-18(10-14)25-8-2-7-24-17/h1,3-6,9-10,15-16H,2,7-8,11H2,(H3,21,22,23)/t15-,16+/m0/s1. The van der Waals surface area contributed by atoms with Crippen molar-refractivity contribution in [2.24, 2.45) is 10.7 Å². The molecule has 0 saturated heterocycles. The molecule has 1 heterocycles. The maximum atomic E-state index is 6.06. The molecule has 2 aromatic carbocycles. The maximum Gasteiger partial charge on any atom is 0.193 e. The third kappa shape index (κ3) is 3.82. The third-order valence-corrected chi connectivity index (χ3v) is 4.59. The van der Waals surface area contributed by atoms with Crippen LogP contribution in [0.4, 0.5) is 5.69 Å². The number of hydrogen-bond acceptors (Lipinski definition) is 3. The number of rotatable bonds is 3. The molecule has 1 aliphatic heterocycles. The van der Waals surface area contributed by atoms with E-state index in [-0.39, 0.29) is 6.04 Å². The van der Waals surface area contributed by atoms with Gasteiger partial charge in [0, 0.05) is 29.1 Å². The van der Waals surface area contributed by atoms with Gasteiger partial charge < -0.3 is 20.5 Å². The van der Waals surface area contributed by atoms with Gasteiger partial charge in [-0.05, 0) is 36.2 Å². The number of aliphatic imine (C=N–C) groups is 1. The number of benzene rings is 2. The molecular formula is C19H20ClN3O2. The predicted octanol–water partition coefficient (Wildman–Crippen LogP) is 3.78. The molecule has 2 atom stereocenters. The molecule has 25 heavy (non-hydrogen) atoms. The fraction of sp³-hybridized carbons (Fsp3) is 0.316. The number of fused-ring (bicyclic) bond motifs is 1. The third-order valence-electron chi connectivity index (χ3n) is 4.36. The summed E-state index contributed by atoms with van der Waals surface area (Å²) in [5.41, 5.74) is 8.12. The smallest absolute Gasteiger partial charge is 0.193 e. The monoisotopic (exact) mass is 357 g/mol. The fourth-order valence-corrected chi connectivity index (χ4v) is 3.22. The van der Waals surface area contributed by atoms with Crippen molar-refractivity contribution in [1.82, 2.24) is 0 Å². The van der Waals surface area contributed by atoms with E-state index in [2.05, 4.69) is 16.4 Å². The first-order valence-corrected chi connectivity index (χ1v) is 8.82. The van der Waals surface area contributed by atoms with Gasteiger partial charge in [0.25, 0.3) is 0 Å². The van der Waals surface area contributed by atoms with E-state index < -0.39 is 0 Å². The fourth-order valence-electron chi connectivity index (χ4n) is 3.02.